The van der Waals surface area contributed by atoms with Crippen molar-refractivity contribution in [1.82, 2.24) is 0 Å². The highest BCUT2D eigenvalue weighted by molar-refractivity contribution is 5.56. The third-order valence-electron chi connectivity index (χ3n) is 3.64. The molecule has 0 heterocycles. The summed E-state index contributed by atoms with van der Waals surface area (Å²) in [6, 6.07) is 4.36. The molecule has 1 aromatic carbocycles. The smallest absolute Gasteiger partial charge is 0.0372 e. The predicted octanol–water partition coefficient (Wildman–Crippen LogP) is 3.40. The van der Waals surface area contributed by atoms with Crippen LogP contribution in [-0.2, 0) is 0 Å². The van der Waals surface area contributed by atoms with Crippen LogP contribution in [0.25, 0.3) is 0 Å². The van der Waals surface area contributed by atoms with E-state index in [9.17, 15) is 0 Å². The molecule has 0 fully saturated rings. The van der Waals surface area contributed by atoms with Crippen LogP contribution in [0.2, 0.25) is 0 Å². The largest absolute Gasteiger partial charge is 0.384 e. The molecule has 0 aliphatic heterocycles. The summed E-state index contributed by atoms with van der Waals surface area (Å²) in [5.74, 6) is 0. The Morgan fingerprint density at radius 2 is 1.76 bits per heavy atom. The lowest BCUT2D eigenvalue weighted by Gasteiger charge is -2.25. The third kappa shape index (κ3) is 3.74. The first-order chi connectivity index (χ1) is 7.87. The molecule has 2 heteroatoms. The Morgan fingerprint density at radius 1 is 1.12 bits per heavy atom. The summed E-state index contributed by atoms with van der Waals surface area (Å²) in [4.78, 5) is 0. The highest BCUT2D eigenvalue weighted by Crippen LogP contribution is 2.25. The van der Waals surface area contributed by atoms with E-state index in [0.29, 0.717) is 0 Å². The van der Waals surface area contributed by atoms with Gasteiger partial charge >= 0.3 is 0 Å². The molecular formula is C15H26N2. The van der Waals surface area contributed by atoms with Gasteiger partial charge in [0.25, 0.3) is 0 Å². The summed E-state index contributed by atoms with van der Waals surface area (Å²) in [6.45, 7) is 12.7. The highest BCUT2D eigenvalue weighted by Gasteiger charge is 2.16. The molecule has 0 amide bonds. The number of aryl methyl sites for hydroxylation is 1. The molecule has 1 aromatic rings. The molecule has 96 valence electrons. The monoisotopic (exact) mass is 234 g/mol. The molecule has 0 unspecified atom stereocenters. The van der Waals surface area contributed by atoms with E-state index in [1.807, 2.05) is 0 Å². The lowest BCUT2D eigenvalue weighted by Crippen LogP contribution is -2.26. The van der Waals surface area contributed by atoms with E-state index in [2.05, 4.69) is 52.1 Å². The van der Waals surface area contributed by atoms with Crippen molar-refractivity contribution in [2.75, 3.05) is 18.4 Å². The molecule has 0 aliphatic rings. The predicted molar refractivity (Wildman–Crippen MR) is 76.6 cm³/mol. The summed E-state index contributed by atoms with van der Waals surface area (Å²) in [5, 5.41) is 3.55. The van der Waals surface area contributed by atoms with Gasteiger partial charge in [-0.2, -0.15) is 0 Å². The Kier molecular flexibility index (Phi) is 4.58. The standard InChI is InChI=1S/C15H26N2/c1-11-6-7-14(13(3)12(11)2)17-10-15(4,5)8-9-16/h6-7,17H,8-10,16H2,1-5H3. The minimum Gasteiger partial charge on any atom is -0.384 e. The van der Waals surface area contributed by atoms with Gasteiger partial charge in [0, 0.05) is 12.2 Å². The third-order valence-corrected chi connectivity index (χ3v) is 3.64. The van der Waals surface area contributed by atoms with Gasteiger partial charge in [-0.25, -0.2) is 0 Å². The fourth-order valence-corrected chi connectivity index (χ4v) is 1.96. The maximum atomic E-state index is 5.63. The molecule has 0 spiro atoms. The van der Waals surface area contributed by atoms with Crippen LogP contribution < -0.4 is 11.1 Å². The van der Waals surface area contributed by atoms with Crippen LogP contribution in [0.1, 0.15) is 37.0 Å². The van der Waals surface area contributed by atoms with Crippen LogP contribution in [0.15, 0.2) is 12.1 Å². The van der Waals surface area contributed by atoms with Crippen LogP contribution >= 0.6 is 0 Å². The minimum absolute atomic E-state index is 0.250. The van der Waals surface area contributed by atoms with Crippen molar-refractivity contribution in [3.63, 3.8) is 0 Å². The Bertz CT molecular complexity index is 381. The van der Waals surface area contributed by atoms with Crippen LogP contribution in [0.5, 0.6) is 0 Å². The average Bonchev–Trinajstić information content (AvgIpc) is 2.25. The molecule has 2 nitrogen and oxygen atoms in total. The molecule has 0 bridgehead atoms. The van der Waals surface area contributed by atoms with E-state index in [0.717, 1.165) is 19.5 Å². The Hall–Kier alpha value is -1.02. The molecule has 0 saturated heterocycles. The minimum atomic E-state index is 0.250. The lowest BCUT2D eigenvalue weighted by atomic mass is 9.89. The molecule has 1 rings (SSSR count). The zero-order valence-electron chi connectivity index (χ0n) is 11.9. The molecule has 17 heavy (non-hydrogen) atoms. The van der Waals surface area contributed by atoms with Crippen LogP contribution in [0.4, 0.5) is 5.69 Å². The summed E-state index contributed by atoms with van der Waals surface area (Å²) in [6.07, 6.45) is 1.05. The number of nitrogens with two attached hydrogens (primary N) is 1. The zero-order chi connectivity index (χ0) is 13.1. The second-order valence-electron chi connectivity index (χ2n) is 5.74. The van der Waals surface area contributed by atoms with Crippen molar-refractivity contribution >= 4 is 5.69 Å². The number of benzene rings is 1. The maximum absolute atomic E-state index is 5.63. The van der Waals surface area contributed by atoms with E-state index in [1.54, 1.807) is 0 Å². The number of anilines is 1. The van der Waals surface area contributed by atoms with Gasteiger partial charge in [0.05, 0.1) is 0 Å². The van der Waals surface area contributed by atoms with E-state index in [-0.39, 0.29) is 5.41 Å². The molecule has 0 radical (unpaired) electrons. The number of rotatable bonds is 5. The molecule has 3 N–H and O–H groups in total. The van der Waals surface area contributed by atoms with E-state index in [4.69, 9.17) is 5.73 Å². The second-order valence-corrected chi connectivity index (χ2v) is 5.74. The molecule has 0 atom stereocenters. The van der Waals surface area contributed by atoms with Crippen LogP contribution in [0, 0.1) is 26.2 Å². The van der Waals surface area contributed by atoms with Crippen molar-refractivity contribution in [3.8, 4) is 0 Å². The zero-order valence-corrected chi connectivity index (χ0v) is 11.9. The maximum Gasteiger partial charge on any atom is 0.0372 e. The van der Waals surface area contributed by atoms with Crippen molar-refractivity contribution < 1.29 is 0 Å². The van der Waals surface area contributed by atoms with Crippen LogP contribution in [0.3, 0.4) is 0 Å². The summed E-state index contributed by atoms with van der Waals surface area (Å²) < 4.78 is 0. The van der Waals surface area contributed by atoms with Crippen molar-refractivity contribution in [2.45, 2.75) is 41.0 Å². The van der Waals surface area contributed by atoms with Crippen LogP contribution in [-0.4, -0.2) is 13.1 Å². The van der Waals surface area contributed by atoms with E-state index >= 15 is 0 Å². The second kappa shape index (κ2) is 5.54. The topological polar surface area (TPSA) is 38.0 Å². The highest BCUT2D eigenvalue weighted by atomic mass is 14.9. The van der Waals surface area contributed by atoms with Gasteiger partial charge in [-0.3, -0.25) is 0 Å². The fraction of sp³-hybridized carbons (Fsp3) is 0.600. The van der Waals surface area contributed by atoms with Crippen molar-refractivity contribution in [3.05, 3.63) is 28.8 Å². The lowest BCUT2D eigenvalue weighted by molar-refractivity contribution is 0.365. The molecule has 0 aliphatic carbocycles. The van der Waals surface area contributed by atoms with Gasteiger partial charge < -0.3 is 11.1 Å². The SMILES string of the molecule is Cc1ccc(NCC(C)(C)CCN)c(C)c1C. The van der Waals surface area contributed by atoms with Crippen molar-refractivity contribution in [1.29, 1.82) is 0 Å². The number of hydrogen-bond acceptors (Lipinski definition) is 2. The number of hydrogen-bond donors (Lipinski definition) is 2. The Labute approximate surface area is 106 Å². The first-order valence-corrected chi connectivity index (χ1v) is 6.38. The fourth-order valence-electron chi connectivity index (χ4n) is 1.96. The molecule has 0 saturated carbocycles. The molecular weight excluding hydrogens is 208 g/mol. The van der Waals surface area contributed by atoms with Gasteiger partial charge in [0.1, 0.15) is 0 Å². The van der Waals surface area contributed by atoms with Gasteiger partial charge in [0.15, 0.2) is 0 Å². The van der Waals surface area contributed by atoms with E-state index in [1.165, 1.54) is 22.4 Å². The summed E-state index contributed by atoms with van der Waals surface area (Å²) in [7, 11) is 0. The first-order valence-electron chi connectivity index (χ1n) is 6.38. The quantitative estimate of drug-likeness (QED) is 0.819. The van der Waals surface area contributed by atoms with E-state index < -0.39 is 0 Å². The Morgan fingerprint density at radius 3 is 2.35 bits per heavy atom. The normalized spacial score (nSPS) is 11.6. The number of nitrogens with one attached hydrogen (secondary N) is 1. The molecule has 0 aromatic heterocycles. The first kappa shape index (κ1) is 14.0. The summed E-state index contributed by atoms with van der Waals surface area (Å²) >= 11 is 0. The van der Waals surface area contributed by atoms with Gasteiger partial charge in [-0.05, 0) is 61.9 Å². The average molecular weight is 234 g/mol. The van der Waals surface area contributed by atoms with Gasteiger partial charge in [-0.1, -0.05) is 19.9 Å². The summed E-state index contributed by atoms with van der Waals surface area (Å²) in [5.41, 5.74) is 11.2. The Balaban J connectivity index is 2.73. The van der Waals surface area contributed by atoms with Crippen molar-refractivity contribution in [2.24, 2.45) is 11.1 Å². The van der Waals surface area contributed by atoms with Gasteiger partial charge in [0.2, 0.25) is 0 Å². The van der Waals surface area contributed by atoms with Gasteiger partial charge in [-0.15, -0.1) is 0 Å².